The van der Waals surface area contributed by atoms with E-state index in [4.69, 9.17) is 0 Å². The average Bonchev–Trinajstić information content (AvgIpc) is 2.27. The van der Waals surface area contributed by atoms with Gasteiger partial charge in [0.15, 0.2) is 9.84 Å². The van der Waals surface area contributed by atoms with Gasteiger partial charge in [0.1, 0.15) is 10.6 Å². The summed E-state index contributed by atoms with van der Waals surface area (Å²) in [5.74, 6) is 0. The summed E-state index contributed by atoms with van der Waals surface area (Å²) in [5, 5.41) is 13.9. The van der Waals surface area contributed by atoms with Gasteiger partial charge >= 0.3 is 5.69 Å². The molecule has 0 saturated carbocycles. The van der Waals surface area contributed by atoms with Crippen molar-refractivity contribution in [3.8, 4) is 0 Å². The SMILES string of the molecule is CCCCNc1cccc(S(C)(=O)=O)c1[N+](=O)[O-]. The summed E-state index contributed by atoms with van der Waals surface area (Å²) in [4.78, 5) is 10.1. The van der Waals surface area contributed by atoms with Crippen molar-refractivity contribution in [1.29, 1.82) is 0 Å². The largest absolute Gasteiger partial charge is 0.379 e. The molecule has 0 aliphatic heterocycles. The molecule has 0 heterocycles. The first-order valence-corrected chi connectivity index (χ1v) is 7.48. The third kappa shape index (κ3) is 3.43. The molecule has 0 aliphatic carbocycles. The summed E-state index contributed by atoms with van der Waals surface area (Å²) in [6.07, 6.45) is 2.78. The van der Waals surface area contributed by atoms with Gasteiger partial charge < -0.3 is 5.32 Å². The predicted molar refractivity (Wildman–Crippen MR) is 69.6 cm³/mol. The van der Waals surface area contributed by atoms with Crippen LogP contribution in [0.1, 0.15) is 19.8 Å². The summed E-state index contributed by atoms with van der Waals surface area (Å²) < 4.78 is 23.0. The van der Waals surface area contributed by atoms with Crippen LogP contribution in [0.4, 0.5) is 11.4 Å². The Labute approximate surface area is 106 Å². The van der Waals surface area contributed by atoms with Crippen molar-refractivity contribution in [3.63, 3.8) is 0 Å². The Morgan fingerprint density at radius 2 is 2.06 bits per heavy atom. The van der Waals surface area contributed by atoms with Gasteiger partial charge in [-0.25, -0.2) is 8.42 Å². The molecule has 0 saturated heterocycles. The van der Waals surface area contributed by atoms with Crippen molar-refractivity contribution in [1.82, 2.24) is 0 Å². The Bertz CT molecular complexity index is 540. The fourth-order valence-electron chi connectivity index (χ4n) is 1.55. The smallest absolute Gasteiger partial charge is 0.310 e. The number of nitro groups is 1. The van der Waals surface area contributed by atoms with Gasteiger partial charge in [0, 0.05) is 12.8 Å². The van der Waals surface area contributed by atoms with Gasteiger partial charge in [0.2, 0.25) is 0 Å². The second-order valence-corrected chi connectivity index (χ2v) is 5.95. The number of unbranched alkanes of at least 4 members (excludes halogenated alkanes) is 1. The molecule has 1 rings (SSSR count). The first kappa shape index (κ1) is 14.4. The Morgan fingerprint density at radius 1 is 1.39 bits per heavy atom. The van der Waals surface area contributed by atoms with Crippen LogP contribution in [0.25, 0.3) is 0 Å². The van der Waals surface area contributed by atoms with E-state index in [1.807, 2.05) is 6.92 Å². The summed E-state index contributed by atoms with van der Waals surface area (Å²) in [6, 6.07) is 4.26. The van der Waals surface area contributed by atoms with Crippen LogP contribution in [0.2, 0.25) is 0 Å². The maximum absolute atomic E-state index is 11.5. The van der Waals surface area contributed by atoms with E-state index in [-0.39, 0.29) is 16.3 Å². The highest BCUT2D eigenvalue weighted by molar-refractivity contribution is 7.90. The van der Waals surface area contributed by atoms with Crippen molar-refractivity contribution < 1.29 is 13.3 Å². The number of anilines is 1. The molecular formula is C11H16N2O4S. The maximum atomic E-state index is 11.5. The van der Waals surface area contributed by atoms with Gasteiger partial charge in [-0.3, -0.25) is 10.1 Å². The van der Waals surface area contributed by atoms with Crippen LogP contribution in [0.5, 0.6) is 0 Å². The first-order chi connectivity index (χ1) is 8.38. The molecule has 0 bridgehead atoms. The fourth-order valence-corrected chi connectivity index (χ4v) is 2.41. The van der Waals surface area contributed by atoms with E-state index in [9.17, 15) is 18.5 Å². The predicted octanol–water partition coefficient (Wildman–Crippen LogP) is 2.21. The van der Waals surface area contributed by atoms with Crippen molar-refractivity contribution in [2.45, 2.75) is 24.7 Å². The highest BCUT2D eigenvalue weighted by Crippen LogP contribution is 2.31. The minimum Gasteiger partial charge on any atom is -0.379 e. The lowest BCUT2D eigenvalue weighted by Gasteiger charge is -2.08. The number of nitrogens with one attached hydrogen (secondary N) is 1. The highest BCUT2D eigenvalue weighted by atomic mass is 32.2. The van der Waals surface area contributed by atoms with Crippen molar-refractivity contribution in [2.75, 3.05) is 18.1 Å². The van der Waals surface area contributed by atoms with E-state index >= 15 is 0 Å². The summed E-state index contributed by atoms with van der Waals surface area (Å²) in [5.41, 5.74) is -0.132. The van der Waals surface area contributed by atoms with Crippen LogP contribution in [0.15, 0.2) is 23.1 Å². The van der Waals surface area contributed by atoms with Crippen LogP contribution in [-0.4, -0.2) is 26.1 Å². The number of hydrogen-bond acceptors (Lipinski definition) is 5. The third-order valence-electron chi connectivity index (χ3n) is 2.43. The van der Waals surface area contributed by atoms with Crippen LogP contribution in [0.3, 0.4) is 0 Å². The zero-order valence-electron chi connectivity index (χ0n) is 10.3. The van der Waals surface area contributed by atoms with Crippen molar-refractivity contribution in [2.24, 2.45) is 0 Å². The van der Waals surface area contributed by atoms with Crippen molar-refractivity contribution >= 4 is 21.2 Å². The standard InChI is InChI=1S/C11H16N2O4S/c1-3-4-8-12-9-6-5-7-10(18(2,16)17)11(9)13(14)15/h5-7,12H,3-4,8H2,1-2H3. The zero-order valence-corrected chi connectivity index (χ0v) is 11.2. The van der Waals surface area contributed by atoms with Gasteiger partial charge in [-0.1, -0.05) is 19.4 Å². The van der Waals surface area contributed by atoms with E-state index in [0.717, 1.165) is 19.1 Å². The fraction of sp³-hybridized carbons (Fsp3) is 0.455. The number of para-hydroxylation sites is 1. The second-order valence-electron chi connectivity index (χ2n) is 3.96. The Morgan fingerprint density at radius 3 is 2.56 bits per heavy atom. The highest BCUT2D eigenvalue weighted by Gasteiger charge is 2.25. The number of hydrogen-bond donors (Lipinski definition) is 1. The lowest BCUT2D eigenvalue weighted by molar-refractivity contribution is -0.386. The zero-order chi connectivity index (χ0) is 13.8. The molecule has 100 valence electrons. The maximum Gasteiger partial charge on any atom is 0.310 e. The molecule has 0 unspecified atom stereocenters. The molecule has 0 aromatic heterocycles. The van der Waals surface area contributed by atoms with Gasteiger partial charge in [-0.15, -0.1) is 0 Å². The number of sulfone groups is 1. The van der Waals surface area contributed by atoms with Gasteiger partial charge in [-0.05, 0) is 18.6 Å². The topological polar surface area (TPSA) is 89.3 Å². The second kappa shape index (κ2) is 5.81. The van der Waals surface area contributed by atoms with E-state index < -0.39 is 14.8 Å². The van der Waals surface area contributed by atoms with Crippen molar-refractivity contribution in [3.05, 3.63) is 28.3 Å². The molecule has 1 aromatic rings. The van der Waals surface area contributed by atoms with E-state index in [2.05, 4.69) is 5.32 Å². The number of nitro benzene ring substituents is 1. The molecule has 7 heteroatoms. The van der Waals surface area contributed by atoms with Crippen LogP contribution in [0, 0.1) is 10.1 Å². The number of nitrogens with zero attached hydrogens (tertiary/aromatic N) is 1. The molecule has 0 atom stereocenters. The number of benzene rings is 1. The molecule has 1 N–H and O–H groups in total. The molecule has 0 aliphatic rings. The minimum absolute atomic E-state index is 0.247. The lowest BCUT2D eigenvalue weighted by atomic mass is 10.2. The summed E-state index contributed by atoms with van der Waals surface area (Å²) in [7, 11) is -3.61. The van der Waals surface area contributed by atoms with Crippen LogP contribution in [-0.2, 0) is 9.84 Å². The quantitative estimate of drug-likeness (QED) is 0.487. The summed E-state index contributed by atoms with van der Waals surface area (Å²) in [6.45, 7) is 2.58. The lowest BCUT2D eigenvalue weighted by Crippen LogP contribution is -2.08. The molecule has 0 radical (unpaired) electrons. The van der Waals surface area contributed by atoms with Gasteiger partial charge in [-0.2, -0.15) is 0 Å². The first-order valence-electron chi connectivity index (χ1n) is 5.59. The number of rotatable bonds is 6. The molecule has 6 nitrogen and oxygen atoms in total. The van der Waals surface area contributed by atoms with Gasteiger partial charge in [0.05, 0.1) is 4.92 Å². The Balaban J connectivity index is 3.23. The van der Waals surface area contributed by atoms with E-state index in [0.29, 0.717) is 6.54 Å². The normalized spacial score (nSPS) is 11.2. The molecule has 0 amide bonds. The minimum atomic E-state index is -3.61. The third-order valence-corrected chi connectivity index (χ3v) is 3.56. The molecule has 18 heavy (non-hydrogen) atoms. The summed E-state index contributed by atoms with van der Waals surface area (Å²) >= 11 is 0. The van der Waals surface area contributed by atoms with E-state index in [1.165, 1.54) is 18.2 Å². The Hall–Kier alpha value is -1.63. The molecule has 1 aromatic carbocycles. The molecule has 0 spiro atoms. The average molecular weight is 272 g/mol. The van der Waals surface area contributed by atoms with E-state index in [1.54, 1.807) is 0 Å². The monoisotopic (exact) mass is 272 g/mol. The molecule has 0 fully saturated rings. The van der Waals surface area contributed by atoms with Gasteiger partial charge in [0.25, 0.3) is 0 Å². The van der Waals surface area contributed by atoms with Crippen LogP contribution < -0.4 is 5.32 Å². The Kier molecular flexibility index (Phi) is 4.66. The van der Waals surface area contributed by atoms with Crippen LogP contribution >= 0.6 is 0 Å². The molecular weight excluding hydrogens is 256 g/mol.